The Morgan fingerprint density at radius 1 is 1.32 bits per heavy atom. The Morgan fingerprint density at radius 2 is 2.12 bits per heavy atom. The van der Waals surface area contributed by atoms with Gasteiger partial charge >= 0.3 is 0 Å². The van der Waals surface area contributed by atoms with Crippen LogP contribution in [0.2, 0.25) is 0 Å². The molecule has 1 aliphatic rings. The molecule has 2 aromatic rings. The van der Waals surface area contributed by atoms with Crippen LogP contribution in [0.3, 0.4) is 0 Å². The summed E-state index contributed by atoms with van der Waals surface area (Å²) in [6.45, 7) is 2.14. The van der Waals surface area contributed by atoms with E-state index in [9.17, 15) is 9.59 Å². The van der Waals surface area contributed by atoms with E-state index in [0.29, 0.717) is 12.1 Å². The Bertz CT molecular complexity index is 724. The van der Waals surface area contributed by atoms with E-state index in [4.69, 9.17) is 5.73 Å². The SMILES string of the molecule is NC(=O)c1cnccc1N1CCC(C(=O)NCCc2cccs2)CC1. The first kappa shape index (κ1) is 17.4. The average Bonchev–Trinajstić information content (AvgIpc) is 3.15. The van der Waals surface area contributed by atoms with Crippen LogP contribution in [0, 0.1) is 5.92 Å². The number of piperidine rings is 1. The molecule has 0 bridgehead atoms. The second-order valence-electron chi connectivity index (χ2n) is 6.14. The Balaban J connectivity index is 1.50. The number of carbonyl (C=O) groups is 2. The molecule has 0 aliphatic carbocycles. The van der Waals surface area contributed by atoms with Gasteiger partial charge in [-0.25, -0.2) is 0 Å². The molecular formula is C18H22N4O2S. The quantitative estimate of drug-likeness (QED) is 0.824. The van der Waals surface area contributed by atoms with Gasteiger partial charge in [0.1, 0.15) is 0 Å². The fourth-order valence-corrected chi connectivity index (χ4v) is 3.85. The lowest BCUT2D eigenvalue weighted by atomic mass is 9.95. The van der Waals surface area contributed by atoms with E-state index in [1.54, 1.807) is 17.5 Å². The molecule has 1 fully saturated rings. The van der Waals surface area contributed by atoms with Crippen LogP contribution in [0.1, 0.15) is 28.1 Å². The number of anilines is 1. The molecule has 1 saturated heterocycles. The van der Waals surface area contributed by atoms with E-state index >= 15 is 0 Å². The average molecular weight is 358 g/mol. The van der Waals surface area contributed by atoms with Gasteiger partial charge in [0.05, 0.1) is 11.3 Å². The van der Waals surface area contributed by atoms with Crippen molar-refractivity contribution >= 4 is 28.8 Å². The maximum Gasteiger partial charge on any atom is 0.252 e. The number of nitrogens with two attached hydrogens (primary N) is 1. The van der Waals surface area contributed by atoms with Crippen molar-refractivity contribution in [3.63, 3.8) is 0 Å². The lowest BCUT2D eigenvalue weighted by Gasteiger charge is -2.33. The Labute approximate surface area is 151 Å². The maximum absolute atomic E-state index is 12.3. The molecule has 6 nitrogen and oxygen atoms in total. The first-order valence-corrected chi connectivity index (χ1v) is 9.32. The lowest BCUT2D eigenvalue weighted by Crippen LogP contribution is -2.41. The van der Waals surface area contributed by atoms with Crippen molar-refractivity contribution in [1.82, 2.24) is 10.3 Å². The van der Waals surface area contributed by atoms with Crippen molar-refractivity contribution < 1.29 is 9.59 Å². The van der Waals surface area contributed by atoms with Gasteiger partial charge in [0.15, 0.2) is 0 Å². The third-order valence-corrected chi connectivity index (χ3v) is 5.46. The van der Waals surface area contributed by atoms with Crippen LogP contribution in [0.15, 0.2) is 36.0 Å². The topological polar surface area (TPSA) is 88.3 Å². The Hall–Kier alpha value is -2.41. The van der Waals surface area contributed by atoms with Crippen LogP contribution in [0.5, 0.6) is 0 Å². The number of primary amides is 1. The number of hydrogen-bond donors (Lipinski definition) is 2. The number of aromatic nitrogens is 1. The van der Waals surface area contributed by atoms with Crippen LogP contribution in [0.25, 0.3) is 0 Å². The van der Waals surface area contributed by atoms with E-state index in [1.165, 1.54) is 11.1 Å². The first-order valence-electron chi connectivity index (χ1n) is 8.44. The van der Waals surface area contributed by atoms with Crippen LogP contribution in [-0.2, 0) is 11.2 Å². The molecule has 7 heteroatoms. The van der Waals surface area contributed by atoms with Crippen LogP contribution in [-0.4, -0.2) is 36.4 Å². The summed E-state index contributed by atoms with van der Waals surface area (Å²) in [5.74, 6) is -0.323. The second kappa shape index (κ2) is 8.11. The largest absolute Gasteiger partial charge is 0.371 e. The minimum Gasteiger partial charge on any atom is -0.371 e. The molecule has 0 saturated carbocycles. The van der Waals surface area contributed by atoms with Gasteiger partial charge in [-0.15, -0.1) is 11.3 Å². The molecule has 1 aliphatic heterocycles. The smallest absolute Gasteiger partial charge is 0.252 e. The minimum absolute atomic E-state index is 0.0263. The number of nitrogens with one attached hydrogen (secondary N) is 1. The maximum atomic E-state index is 12.3. The van der Waals surface area contributed by atoms with Crippen molar-refractivity contribution in [1.29, 1.82) is 0 Å². The van der Waals surface area contributed by atoms with Gasteiger partial charge in [0.25, 0.3) is 5.91 Å². The molecule has 0 spiro atoms. The van der Waals surface area contributed by atoms with Crippen molar-refractivity contribution in [3.8, 4) is 0 Å². The molecule has 2 aromatic heterocycles. The number of hydrogen-bond acceptors (Lipinski definition) is 5. The highest BCUT2D eigenvalue weighted by Crippen LogP contribution is 2.25. The molecule has 3 N–H and O–H groups in total. The zero-order valence-corrected chi connectivity index (χ0v) is 14.8. The van der Waals surface area contributed by atoms with Crippen molar-refractivity contribution in [2.45, 2.75) is 19.3 Å². The van der Waals surface area contributed by atoms with Crippen LogP contribution < -0.4 is 16.0 Å². The van der Waals surface area contributed by atoms with Crippen molar-refractivity contribution in [2.75, 3.05) is 24.5 Å². The predicted molar refractivity (Wildman–Crippen MR) is 98.7 cm³/mol. The summed E-state index contributed by atoms with van der Waals surface area (Å²) in [5.41, 5.74) is 6.66. The lowest BCUT2D eigenvalue weighted by molar-refractivity contribution is -0.125. The normalized spacial score (nSPS) is 15.1. The molecule has 0 radical (unpaired) electrons. The monoisotopic (exact) mass is 358 g/mol. The molecule has 2 amide bonds. The van der Waals surface area contributed by atoms with Gasteiger partial charge in [-0.1, -0.05) is 6.07 Å². The van der Waals surface area contributed by atoms with Gasteiger partial charge in [-0.3, -0.25) is 14.6 Å². The summed E-state index contributed by atoms with van der Waals surface area (Å²) in [4.78, 5) is 31.2. The van der Waals surface area contributed by atoms with Gasteiger partial charge in [0.2, 0.25) is 5.91 Å². The standard InChI is InChI=1S/C18H22N4O2S/c19-17(23)15-12-20-7-4-16(15)22-9-5-13(6-10-22)18(24)21-8-3-14-2-1-11-25-14/h1-2,4,7,11-13H,3,5-6,8-10H2,(H2,19,23)(H,21,24). The van der Waals surface area contributed by atoms with E-state index in [2.05, 4.69) is 21.3 Å². The third kappa shape index (κ3) is 4.36. The molecule has 3 heterocycles. The molecule has 0 aromatic carbocycles. The van der Waals surface area contributed by atoms with Crippen molar-refractivity contribution in [2.24, 2.45) is 11.7 Å². The summed E-state index contributed by atoms with van der Waals surface area (Å²) in [6.07, 6.45) is 5.57. The summed E-state index contributed by atoms with van der Waals surface area (Å²) in [6, 6.07) is 5.92. The Morgan fingerprint density at radius 3 is 2.80 bits per heavy atom. The Kier molecular flexibility index (Phi) is 5.65. The molecule has 0 atom stereocenters. The molecule has 0 unspecified atom stereocenters. The number of carbonyl (C=O) groups excluding carboxylic acids is 2. The predicted octanol–water partition coefficient (Wildman–Crippen LogP) is 1.82. The third-order valence-electron chi connectivity index (χ3n) is 4.52. The van der Waals surface area contributed by atoms with E-state index < -0.39 is 5.91 Å². The van der Waals surface area contributed by atoms with Gasteiger partial charge in [-0.05, 0) is 36.8 Å². The summed E-state index contributed by atoms with van der Waals surface area (Å²) in [5, 5.41) is 5.09. The van der Waals surface area contributed by atoms with Gasteiger partial charge in [0, 0.05) is 42.8 Å². The zero-order chi connectivity index (χ0) is 17.6. The van der Waals surface area contributed by atoms with Crippen LogP contribution >= 0.6 is 11.3 Å². The molecule has 3 rings (SSSR count). The van der Waals surface area contributed by atoms with Crippen molar-refractivity contribution in [3.05, 3.63) is 46.4 Å². The highest BCUT2D eigenvalue weighted by atomic mass is 32.1. The molecule has 132 valence electrons. The number of pyridine rings is 1. The van der Waals surface area contributed by atoms with E-state index in [1.807, 2.05) is 17.5 Å². The molecule has 25 heavy (non-hydrogen) atoms. The first-order chi connectivity index (χ1) is 12.1. The second-order valence-corrected chi connectivity index (χ2v) is 7.17. The fraction of sp³-hybridized carbons (Fsp3) is 0.389. The zero-order valence-electron chi connectivity index (χ0n) is 14.0. The van der Waals surface area contributed by atoms with Gasteiger partial charge < -0.3 is 16.0 Å². The number of thiophene rings is 1. The number of rotatable bonds is 6. The number of amides is 2. The highest BCUT2D eigenvalue weighted by Gasteiger charge is 2.26. The fourth-order valence-electron chi connectivity index (χ4n) is 3.14. The minimum atomic E-state index is -0.475. The van der Waals surface area contributed by atoms with Crippen LogP contribution in [0.4, 0.5) is 5.69 Å². The summed E-state index contributed by atoms with van der Waals surface area (Å²) < 4.78 is 0. The van der Waals surface area contributed by atoms with E-state index in [0.717, 1.165) is 38.0 Å². The summed E-state index contributed by atoms with van der Waals surface area (Å²) >= 11 is 1.71. The molecular weight excluding hydrogens is 336 g/mol. The highest BCUT2D eigenvalue weighted by molar-refractivity contribution is 7.09. The summed E-state index contributed by atoms with van der Waals surface area (Å²) in [7, 11) is 0. The van der Waals surface area contributed by atoms with Gasteiger partial charge in [-0.2, -0.15) is 0 Å². The number of nitrogens with zero attached hydrogens (tertiary/aromatic N) is 2. The van der Waals surface area contributed by atoms with E-state index in [-0.39, 0.29) is 11.8 Å².